The Bertz CT molecular complexity index is 755. The van der Waals surface area contributed by atoms with E-state index in [-0.39, 0.29) is 24.1 Å². The van der Waals surface area contributed by atoms with Crippen LogP contribution < -0.4 is 11.0 Å². The summed E-state index contributed by atoms with van der Waals surface area (Å²) in [4.78, 5) is 37.0. The third-order valence-electron chi connectivity index (χ3n) is 3.27. The van der Waals surface area contributed by atoms with Gasteiger partial charge in [-0.05, 0) is 31.0 Å². The zero-order chi connectivity index (χ0) is 14.3. The van der Waals surface area contributed by atoms with Crippen LogP contribution in [0.5, 0.6) is 0 Å². The highest BCUT2D eigenvalue weighted by Crippen LogP contribution is 2.18. The summed E-state index contributed by atoms with van der Waals surface area (Å²) in [6, 6.07) is 4.56. The van der Waals surface area contributed by atoms with Crippen molar-refractivity contribution in [2.45, 2.75) is 25.4 Å². The molecule has 7 heteroatoms. The van der Waals surface area contributed by atoms with Gasteiger partial charge >= 0.3 is 11.7 Å². The van der Waals surface area contributed by atoms with Gasteiger partial charge < -0.3 is 15.4 Å². The molecule has 1 aromatic heterocycles. The highest BCUT2D eigenvalue weighted by atomic mass is 16.4. The lowest BCUT2D eigenvalue weighted by molar-refractivity contribution is -0.121. The van der Waals surface area contributed by atoms with Crippen LogP contribution in [0.2, 0.25) is 0 Å². The van der Waals surface area contributed by atoms with Crippen LogP contribution in [0.4, 0.5) is 0 Å². The normalized spacial score (nSPS) is 14.4. The van der Waals surface area contributed by atoms with Crippen molar-refractivity contribution in [1.29, 1.82) is 0 Å². The molecule has 3 N–H and O–H groups in total. The van der Waals surface area contributed by atoms with Gasteiger partial charge in [0.05, 0.1) is 16.6 Å². The number of benzene rings is 1. The molecular formula is C13H13N3O4. The maximum atomic E-state index is 11.8. The van der Waals surface area contributed by atoms with E-state index in [0.29, 0.717) is 11.0 Å². The number of amides is 1. The Kier molecular flexibility index (Phi) is 2.81. The molecule has 1 amide bonds. The highest BCUT2D eigenvalue weighted by molar-refractivity contribution is 5.92. The number of nitrogens with one attached hydrogen (secondary N) is 2. The Hall–Kier alpha value is -2.57. The molecule has 1 aliphatic carbocycles. The first-order chi connectivity index (χ1) is 9.54. The number of imidazole rings is 1. The molecule has 1 saturated carbocycles. The number of aromatic amines is 1. The van der Waals surface area contributed by atoms with E-state index in [2.05, 4.69) is 10.3 Å². The number of carboxylic acid groups (broad SMARTS) is 1. The average molecular weight is 275 g/mol. The molecule has 7 nitrogen and oxygen atoms in total. The van der Waals surface area contributed by atoms with E-state index in [1.54, 1.807) is 0 Å². The molecule has 1 fully saturated rings. The van der Waals surface area contributed by atoms with Gasteiger partial charge in [0.15, 0.2) is 0 Å². The summed E-state index contributed by atoms with van der Waals surface area (Å²) in [6.45, 7) is -0.0677. The van der Waals surface area contributed by atoms with E-state index in [1.165, 1.54) is 22.8 Å². The van der Waals surface area contributed by atoms with Crippen molar-refractivity contribution in [3.63, 3.8) is 0 Å². The van der Waals surface area contributed by atoms with Crippen molar-refractivity contribution in [3.05, 3.63) is 34.2 Å². The highest BCUT2D eigenvalue weighted by Gasteiger charge is 2.23. The molecule has 0 radical (unpaired) electrons. The van der Waals surface area contributed by atoms with Crippen molar-refractivity contribution in [2.24, 2.45) is 0 Å². The number of carbonyl (C=O) groups excluding carboxylic acids is 1. The Labute approximate surface area is 113 Å². The quantitative estimate of drug-likeness (QED) is 0.746. The van der Waals surface area contributed by atoms with Gasteiger partial charge in [-0.25, -0.2) is 9.59 Å². The Balaban J connectivity index is 1.93. The molecule has 20 heavy (non-hydrogen) atoms. The number of carbonyl (C=O) groups is 2. The lowest BCUT2D eigenvalue weighted by atomic mass is 10.2. The first-order valence-corrected chi connectivity index (χ1v) is 6.30. The lowest BCUT2D eigenvalue weighted by Gasteiger charge is -2.04. The number of hydrogen-bond donors (Lipinski definition) is 3. The number of rotatable bonds is 4. The van der Waals surface area contributed by atoms with Crippen LogP contribution in [-0.2, 0) is 11.3 Å². The summed E-state index contributed by atoms with van der Waals surface area (Å²) in [7, 11) is 0. The van der Waals surface area contributed by atoms with Crippen molar-refractivity contribution in [1.82, 2.24) is 14.9 Å². The van der Waals surface area contributed by atoms with Gasteiger partial charge in [-0.2, -0.15) is 0 Å². The minimum atomic E-state index is -1.06. The topological polar surface area (TPSA) is 104 Å². The molecule has 0 bridgehead atoms. The molecule has 0 unspecified atom stereocenters. The van der Waals surface area contributed by atoms with Crippen LogP contribution in [0.25, 0.3) is 11.0 Å². The number of hydrogen-bond acceptors (Lipinski definition) is 3. The van der Waals surface area contributed by atoms with Crippen molar-refractivity contribution in [3.8, 4) is 0 Å². The number of aromatic carboxylic acids is 1. The Morgan fingerprint density at radius 2 is 2.15 bits per heavy atom. The fourth-order valence-corrected chi connectivity index (χ4v) is 2.10. The van der Waals surface area contributed by atoms with Crippen LogP contribution in [0.3, 0.4) is 0 Å². The van der Waals surface area contributed by atoms with Gasteiger partial charge in [-0.3, -0.25) is 9.36 Å². The standard InChI is InChI=1S/C13H13N3O4/c17-11(14-8-2-3-8)6-16-10-4-1-7(12(18)19)5-9(10)15-13(16)20/h1,4-5,8H,2-3,6H2,(H,14,17)(H,15,20)(H,18,19). The van der Waals surface area contributed by atoms with Gasteiger partial charge in [0.25, 0.3) is 0 Å². The minimum absolute atomic E-state index is 0.0677. The molecule has 0 spiro atoms. The number of nitrogens with zero attached hydrogens (tertiary/aromatic N) is 1. The second kappa shape index (κ2) is 4.52. The molecule has 0 saturated heterocycles. The van der Waals surface area contributed by atoms with Gasteiger partial charge in [0.1, 0.15) is 6.54 Å². The molecule has 3 rings (SSSR count). The van der Waals surface area contributed by atoms with E-state index in [1.807, 2.05) is 0 Å². The summed E-state index contributed by atoms with van der Waals surface area (Å²) in [5.41, 5.74) is 0.599. The monoisotopic (exact) mass is 275 g/mol. The molecule has 104 valence electrons. The van der Waals surface area contributed by atoms with Gasteiger partial charge in [0, 0.05) is 6.04 Å². The third kappa shape index (κ3) is 2.29. The fourth-order valence-electron chi connectivity index (χ4n) is 2.10. The van der Waals surface area contributed by atoms with E-state index in [9.17, 15) is 14.4 Å². The van der Waals surface area contributed by atoms with Crippen molar-refractivity contribution >= 4 is 22.9 Å². The summed E-state index contributed by atoms with van der Waals surface area (Å²) < 4.78 is 1.30. The summed E-state index contributed by atoms with van der Waals surface area (Å²) in [5, 5.41) is 11.7. The lowest BCUT2D eigenvalue weighted by Crippen LogP contribution is -2.32. The largest absolute Gasteiger partial charge is 0.478 e. The summed E-state index contributed by atoms with van der Waals surface area (Å²) in [6.07, 6.45) is 1.97. The Morgan fingerprint density at radius 1 is 1.40 bits per heavy atom. The number of aromatic nitrogens is 2. The predicted molar refractivity (Wildman–Crippen MR) is 70.7 cm³/mol. The second-order valence-electron chi connectivity index (χ2n) is 4.90. The predicted octanol–water partition coefficient (Wildman–Crippen LogP) is 0.306. The van der Waals surface area contributed by atoms with Crippen LogP contribution in [-0.4, -0.2) is 32.6 Å². The number of H-pyrrole nitrogens is 1. The molecule has 1 aromatic carbocycles. The zero-order valence-corrected chi connectivity index (χ0v) is 10.5. The second-order valence-corrected chi connectivity index (χ2v) is 4.90. The van der Waals surface area contributed by atoms with Crippen LogP contribution in [0.1, 0.15) is 23.2 Å². The van der Waals surface area contributed by atoms with Crippen molar-refractivity contribution < 1.29 is 14.7 Å². The molecule has 0 aliphatic heterocycles. The van der Waals surface area contributed by atoms with E-state index in [0.717, 1.165) is 12.8 Å². The smallest absolute Gasteiger partial charge is 0.335 e. The average Bonchev–Trinajstić information content (AvgIpc) is 3.14. The molecule has 2 aromatic rings. The number of carboxylic acids is 1. The van der Waals surface area contributed by atoms with Crippen LogP contribution in [0.15, 0.2) is 23.0 Å². The summed E-state index contributed by atoms with van der Waals surface area (Å²) in [5.74, 6) is -1.27. The minimum Gasteiger partial charge on any atom is -0.478 e. The third-order valence-corrected chi connectivity index (χ3v) is 3.27. The SMILES string of the molecule is O=C(Cn1c(=O)[nH]c2cc(C(=O)O)ccc21)NC1CC1. The van der Waals surface area contributed by atoms with Gasteiger partial charge in [-0.15, -0.1) is 0 Å². The summed E-state index contributed by atoms with van der Waals surface area (Å²) >= 11 is 0. The van der Waals surface area contributed by atoms with Gasteiger partial charge in [-0.1, -0.05) is 0 Å². The zero-order valence-electron chi connectivity index (χ0n) is 10.5. The first kappa shape index (κ1) is 12.5. The van der Waals surface area contributed by atoms with E-state index < -0.39 is 11.7 Å². The molecule has 0 atom stereocenters. The molecular weight excluding hydrogens is 262 g/mol. The van der Waals surface area contributed by atoms with E-state index >= 15 is 0 Å². The van der Waals surface area contributed by atoms with Crippen molar-refractivity contribution in [2.75, 3.05) is 0 Å². The number of fused-ring (bicyclic) bond motifs is 1. The van der Waals surface area contributed by atoms with E-state index in [4.69, 9.17) is 5.11 Å². The first-order valence-electron chi connectivity index (χ1n) is 6.30. The molecule has 1 heterocycles. The van der Waals surface area contributed by atoms with Crippen LogP contribution in [0, 0.1) is 0 Å². The molecule has 1 aliphatic rings. The Morgan fingerprint density at radius 3 is 2.80 bits per heavy atom. The fraction of sp³-hybridized carbons (Fsp3) is 0.308. The maximum Gasteiger partial charge on any atom is 0.335 e. The van der Waals surface area contributed by atoms with Crippen LogP contribution >= 0.6 is 0 Å². The maximum absolute atomic E-state index is 11.8. The van der Waals surface area contributed by atoms with Gasteiger partial charge in [0.2, 0.25) is 5.91 Å².